The molecule has 0 aromatic rings. The quantitative estimate of drug-likeness (QED) is 0.132. The van der Waals surface area contributed by atoms with E-state index in [1.54, 1.807) is 0 Å². The number of carbonyl (C=O) groups excluding carboxylic acids is 1. The molecule has 0 spiro atoms. The Labute approximate surface area is 183 Å². The van der Waals surface area contributed by atoms with Gasteiger partial charge in [0, 0.05) is 13.0 Å². The van der Waals surface area contributed by atoms with Crippen molar-refractivity contribution in [1.29, 1.82) is 0 Å². The Morgan fingerprint density at radius 2 is 1.23 bits per heavy atom. The van der Waals surface area contributed by atoms with E-state index >= 15 is 0 Å². The van der Waals surface area contributed by atoms with Gasteiger partial charge in [0.2, 0.25) is 5.91 Å². The summed E-state index contributed by atoms with van der Waals surface area (Å²) in [6, 6.07) is -1.02. The van der Waals surface area contributed by atoms with Crippen LogP contribution in [-0.2, 0) is 38.0 Å². The average Bonchev–Trinajstić information content (AvgIpc) is 2.76. The van der Waals surface area contributed by atoms with Crippen molar-refractivity contribution in [2.75, 3.05) is 85.8 Å². The van der Waals surface area contributed by atoms with E-state index in [0.29, 0.717) is 85.8 Å². The normalized spacial score (nSPS) is 11.7. The molecule has 0 radical (unpaired) electrons. The molecule has 0 aliphatic rings. The third kappa shape index (κ3) is 22.7. The summed E-state index contributed by atoms with van der Waals surface area (Å²) in [6.07, 6.45) is 5.21. The second-order valence-corrected chi connectivity index (χ2v) is 6.15. The SMILES string of the molecule is C#CCOCCOCCOCCOCCOCCOCCNC(=O)CC[C@@H](N)C(=O)O. The summed E-state index contributed by atoms with van der Waals surface area (Å²) >= 11 is 0. The predicted octanol–water partition coefficient (Wildman–Crippen LogP) is -0.972. The number of nitrogens with one attached hydrogen (secondary N) is 1. The van der Waals surface area contributed by atoms with Gasteiger partial charge in [-0.3, -0.25) is 9.59 Å². The van der Waals surface area contributed by atoms with E-state index in [1.807, 2.05) is 0 Å². The molecule has 31 heavy (non-hydrogen) atoms. The van der Waals surface area contributed by atoms with Crippen LogP contribution in [0.3, 0.4) is 0 Å². The molecule has 11 heteroatoms. The van der Waals surface area contributed by atoms with Crippen LogP contribution in [-0.4, -0.2) is 109 Å². The van der Waals surface area contributed by atoms with E-state index in [0.717, 1.165) is 0 Å². The van der Waals surface area contributed by atoms with Gasteiger partial charge in [0.1, 0.15) is 12.6 Å². The van der Waals surface area contributed by atoms with Gasteiger partial charge in [0.25, 0.3) is 0 Å². The molecule has 4 N–H and O–H groups in total. The van der Waals surface area contributed by atoms with Crippen LogP contribution < -0.4 is 11.1 Å². The first-order chi connectivity index (χ1) is 15.1. The highest BCUT2D eigenvalue weighted by Crippen LogP contribution is 1.94. The Hall–Kier alpha value is -1.78. The lowest BCUT2D eigenvalue weighted by atomic mass is 10.1. The highest BCUT2D eigenvalue weighted by atomic mass is 16.6. The van der Waals surface area contributed by atoms with Gasteiger partial charge in [-0.15, -0.1) is 6.42 Å². The maximum absolute atomic E-state index is 11.5. The fraction of sp³-hybridized carbons (Fsp3) is 0.800. The number of aliphatic carboxylic acids is 1. The van der Waals surface area contributed by atoms with Crippen LogP contribution in [0.25, 0.3) is 0 Å². The van der Waals surface area contributed by atoms with Gasteiger partial charge >= 0.3 is 5.97 Å². The number of hydrogen-bond donors (Lipinski definition) is 3. The standard InChI is InChI=1S/C20H36N2O9/c1-2-6-26-8-10-28-12-14-30-16-17-31-15-13-29-11-9-27-7-5-22-19(23)4-3-18(21)20(24)25/h1,18H,3-17,21H2,(H,22,23)(H,24,25)/t18-/m1/s1. The van der Waals surface area contributed by atoms with E-state index in [4.69, 9.17) is 45.7 Å². The van der Waals surface area contributed by atoms with Crippen LogP contribution in [0.2, 0.25) is 0 Å². The van der Waals surface area contributed by atoms with Crippen molar-refractivity contribution >= 4 is 11.9 Å². The van der Waals surface area contributed by atoms with E-state index < -0.39 is 12.0 Å². The fourth-order valence-electron chi connectivity index (χ4n) is 1.99. The third-order valence-corrected chi connectivity index (χ3v) is 3.61. The van der Waals surface area contributed by atoms with Crippen molar-refractivity contribution in [2.45, 2.75) is 18.9 Å². The second-order valence-electron chi connectivity index (χ2n) is 6.15. The number of carboxylic acids is 1. The topological polar surface area (TPSA) is 148 Å². The van der Waals surface area contributed by atoms with Crippen LogP contribution in [0.1, 0.15) is 12.8 Å². The number of rotatable bonds is 23. The van der Waals surface area contributed by atoms with Crippen LogP contribution in [0, 0.1) is 12.3 Å². The Kier molecular flexibility index (Phi) is 21.6. The Morgan fingerprint density at radius 1 is 0.806 bits per heavy atom. The van der Waals surface area contributed by atoms with Crippen LogP contribution in [0.5, 0.6) is 0 Å². The average molecular weight is 449 g/mol. The molecular weight excluding hydrogens is 412 g/mol. The minimum atomic E-state index is -1.12. The molecular formula is C20H36N2O9. The lowest BCUT2D eigenvalue weighted by molar-refractivity contribution is -0.138. The van der Waals surface area contributed by atoms with Crippen LogP contribution in [0.4, 0.5) is 0 Å². The maximum atomic E-state index is 11.5. The van der Waals surface area contributed by atoms with Crippen molar-refractivity contribution in [1.82, 2.24) is 5.32 Å². The zero-order chi connectivity index (χ0) is 23.0. The number of terminal acetylenes is 1. The molecule has 0 aromatic heterocycles. The Bertz CT molecular complexity index is 486. The molecule has 0 rings (SSSR count). The lowest BCUT2D eigenvalue weighted by Crippen LogP contribution is -2.33. The molecule has 0 aromatic carbocycles. The van der Waals surface area contributed by atoms with Crippen molar-refractivity contribution in [3.8, 4) is 12.3 Å². The van der Waals surface area contributed by atoms with Crippen molar-refractivity contribution in [2.24, 2.45) is 5.73 Å². The monoisotopic (exact) mass is 448 g/mol. The van der Waals surface area contributed by atoms with Gasteiger partial charge in [-0.2, -0.15) is 0 Å². The highest BCUT2D eigenvalue weighted by molar-refractivity contribution is 5.78. The zero-order valence-electron chi connectivity index (χ0n) is 18.1. The van der Waals surface area contributed by atoms with E-state index in [9.17, 15) is 9.59 Å². The molecule has 180 valence electrons. The van der Waals surface area contributed by atoms with Gasteiger partial charge in [0.05, 0.1) is 72.7 Å². The molecule has 0 saturated carbocycles. The summed E-state index contributed by atoms with van der Waals surface area (Å²) in [6.45, 7) is 5.60. The number of carboxylic acid groups (broad SMARTS) is 1. The first-order valence-electron chi connectivity index (χ1n) is 10.2. The highest BCUT2D eigenvalue weighted by Gasteiger charge is 2.12. The predicted molar refractivity (Wildman–Crippen MR) is 112 cm³/mol. The number of hydrogen-bond acceptors (Lipinski definition) is 9. The third-order valence-electron chi connectivity index (χ3n) is 3.61. The van der Waals surface area contributed by atoms with Gasteiger partial charge in [0.15, 0.2) is 0 Å². The van der Waals surface area contributed by atoms with E-state index in [2.05, 4.69) is 11.2 Å². The number of carbonyl (C=O) groups is 2. The molecule has 0 saturated heterocycles. The van der Waals surface area contributed by atoms with Crippen LogP contribution in [0.15, 0.2) is 0 Å². The molecule has 0 fully saturated rings. The van der Waals surface area contributed by atoms with E-state index in [-0.39, 0.29) is 18.7 Å². The summed E-state index contributed by atoms with van der Waals surface area (Å²) < 4.78 is 31.7. The lowest BCUT2D eigenvalue weighted by Gasteiger charge is -2.09. The second kappa shape index (κ2) is 22.9. The summed E-state index contributed by atoms with van der Waals surface area (Å²) in [5.74, 6) is 1.01. The van der Waals surface area contributed by atoms with Crippen molar-refractivity contribution in [3.63, 3.8) is 0 Å². The molecule has 0 bridgehead atoms. The zero-order valence-corrected chi connectivity index (χ0v) is 18.1. The molecule has 11 nitrogen and oxygen atoms in total. The van der Waals surface area contributed by atoms with E-state index in [1.165, 1.54) is 0 Å². The summed E-state index contributed by atoms with van der Waals surface area (Å²) in [4.78, 5) is 22.0. The molecule has 0 aliphatic heterocycles. The molecule has 0 unspecified atom stereocenters. The summed E-state index contributed by atoms with van der Waals surface area (Å²) in [5, 5.41) is 11.3. The summed E-state index contributed by atoms with van der Waals surface area (Å²) in [7, 11) is 0. The largest absolute Gasteiger partial charge is 0.480 e. The maximum Gasteiger partial charge on any atom is 0.320 e. The van der Waals surface area contributed by atoms with Gasteiger partial charge < -0.3 is 44.6 Å². The minimum Gasteiger partial charge on any atom is -0.480 e. The molecule has 1 atom stereocenters. The Morgan fingerprint density at radius 3 is 1.65 bits per heavy atom. The molecule has 1 amide bonds. The summed E-state index contributed by atoms with van der Waals surface area (Å²) in [5.41, 5.74) is 5.33. The number of nitrogens with two attached hydrogens (primary N) is 1. The Balaban J connectivity index is 3.16. The van der Waals surface area contributed by atoms with Crippen LogP contribution >= 0.6 is 0 Å². The number of ether oxygens (including phenoxy) is 6. The minimum absolute atomic E-state index is 0.0680. The smallest absolute Gasteiger partial charge is 0.320 e. The number of amides is 1. The van der Waals surface area contributed by atoms with Gasteiger partial charge in [-0.25, -0.2) is 0 Å². The molecule has 0 aliphatic carbocycles. The molecule has 0 heterocycles. The first-order valence-corrected chi connectivity index (χ1v) is 10.2. The van der Waals surface area contributed by atoms with Crippen molar-refractivity contribution in [3.05, 3.63) is 0 Å². The van der Waals surface area contributed by atoms with Gasteiger partial charge in [-0.1, -0.05) is 5.92 Å². The van der Waals surface area contributed by atoms with Gasteiger partial charge in [-0.05, 0) is 6.42 Å². The van der Waals surface area contributed by atoms with Crippen molar-refractivity contribution < 1.29 is 43.1 Å². The first kappa shape index (κ1) is 29.2. The fourth-order valence-corrected chi connectivity index (χ4v) is 1.99.